The number of aromatic nitrogens is 1. The van der Waals surface area contributed by atoms with Gasteiger partial charge in [-0.05, 0) is 67.6 Å². The lowest BCUT2D eigenvalue weighted by Crippen LogP contribution is -2.35. The minimum Gasteiger partial charge on any atom is -0.493 e. The fourth-order valence-electron chi connectivity index (χ4n) is 4.97. The van der Waals surface area contributed by atoms with E-state index in [0.29, 0.717) is 0 Å². The second kappa shape index (κ2) is 9.80. The molecule has 2 aromatic rings. The monoisotopic (exact) mass is 409 g/mol. The standard InChI is InChI=1S/C25H35N3O2/c1-19-7-6-9-23(26-19)10-12-27-11-5-4-8-20(15-27)16-28-17-21-13-24(29-2)25(30-3)14-22(21)18-28/h6-7,9,13-14,20H,4-5,8,10-12,15-18H2,1-3H3. The second-order valence-corrected chi connectivity index (χ2v) is 8.83. The molecule has 2 aliphatic rings. The molecule has 1 saturated heterocycles. The topological polar surface area (TPSA) is 37.8 Å². The Morgan fingerprint density at radius 1 is 1.00 bits per heavy atom. The molecule has 5 heteroatoms. The highest BCUT2D eigenvalue weighted by Crippen LogP contribution is 2.35. The Morgan fingerprint density at radius 3 is 2.40 bits per heavy atom. The SMILES string of the molecule is COc1cc2c(cc1OC)CN(CC1CCCCN(CCc3cccc(C)n3)C1)C2. The number of nitrogens with zero attached hydrogens (tertiary/aromatic N) is 3. The predicted octanol–water partition coefficient (Wildman–Crippen LogP) is 4.07. The van der Waals surface area contributed by atoms with Gasteiger partial charge in [0.15, 0.2) is 11.5 Å². The molecule has 0 amide bonds. The van der Waals surface area contributed by atoms with Crippen molar-refractivity contribution in [1.29, 1.82) is 0 Å². The molecule has 0 saturated carbocycles. The second-order valence-electron chi connectivity index (χ2n) is 8.83. The molecule has 4 rings (SSSR count). The van der Waals surface area contributed by atoms with Gasteiger partial charge in [0.1, 0.15) is 0 Å². The number of hydrogen-bond donors (Lipinski definition) is 0. The Bertz CT molecular complexity index is 821. The molecular weight excluding hydrogens is 374 g/mol. The molecule has 1 unspecified atom stereocenters. The van der Waals surface area contributed by atoms with E-state index in [2.05, 4.69) is 52.0 Å². The van der Waals surface area contributed by atoms with Crippen LogP contribution in [0.15, 0.2) is 30.3 Å². The fourth-order valence-corrected chi connectivity index (χ4v) is 4.97. The molecule has 1 fully saturated rings. The van der Waals surface area contributed by atoms with Crippen LogP contribution in [-0.4, -0.2) is 55.2 Å². The zero-order valence-electron chi connectivity index (χ0n) is 18.7. The molecule has 5 nitrogen and oxygen atoms in total. The van der Waals surface area contributed by atoms with Crippen molar-refractivity contribution in [3.05, 3.63) is 52.8 Å². The van der Waals surface area contributed by atoms with Crippen LogP contribution < -0.4 is 9.47 Å². The summed E-state index contributed by atoms with van der Waals surface area (Å²) in [4.78, 5) is 9.94. The van der Waals surface area contributed by atoms with Gasteiger partial charge in [-0.3, -0.25) is 9.88 Å². The Kier molecular flexibility index (Phi) is 6.90. The van der Waals surface area contributed by atoms with Gasteiger partial charge in [0.25, 0.3) is 0 Å². The highest BCUT2D eigenvalue weighted by molar-refractivity contribution is 5.48. The van der Waals surface area contributed by atoms with Gasteiger partial charge in [0.2, 0.25) is 0 Å². The van der Waals surface area contributed by atoms with E-state index < -0.39 is 0 Å². The summed E-state index contributed by atoms with van der Waals surface area (Å²) >= 11 is 0. The van der Waals surface area contributed by atoms with Crippen LogP contribution in [0.1, 0.15) is 41.8 Å². The third-order valence-corrected chi connectivity index (χ3v) is 6.49. The van der Waals surface area contributed by atoms with Crippen LogP contribution >= 0.6 is 0 Å². The molecule has 0 spiro atoms. The third kappa shape index (κ3) is 5.13. The highest BCUT2D eigenvalue weighted by atomic mass is 16.5. The summed E-state index contributed by atoms with van der Waals surface area (Å²) in [5, 5.41) is 0. The summed E-state index contributed by atoms with van der Waals surface area (Å²) in [6, 6.07) is 10.7. The maximum atomic E-state index is 5.49. The smallest absolute Gasteiger partial charge is 0.161 e. The summed E-state index contributed by atoms with van der Waals surface area (Å²) in [5.74, 6) is 2.41. The molecule has 30 heavy (non-hydrogen) atoms. The van der Waals surface area contributed by atoms with Gasteiger partial charge >= 0.3 is 0 Å². The zero-order chi connectivity index (χ0) is 20.9. The molecule has 162 valence electrons. The number of benzene rings is 1. The summed E-state index contributed by atoms with van der Waals surface area (Å²) in [6.07, 6.45) is 5.03. The van der Waals surface area contributed by atoms with Crippen LogP contribution in [0, 0.1) is 12.8 Å². The lowest BCUT2D eigenvalue weighted by atomic mass is 10.0. The number of pyridine rings is 1. The van der Waals surface area contributed by atoms with Crippen molar-refractivity contribution in [2.45, 2.75) is 45.7 Å². The van der Waals surface area contributed by atoms with Crippen LogP contribution in [-0.2, 0) is 19.5 Å². The van der Waals surface area contributed by atoms with Crippen molar-refractivity contribution in [2.75, 3.05) is 40.4 Å². The van der Waals surface area contributed by atoms with Crippen molar-refractivity contribution >= 4 is 0 Å². The normalized spacial score (nSPS) is 20.0. The maximum Gasteiger partial charge on any atom is 0.161 e. The average molecular weight is 410 g/mol. The highest BCUT2D eigenvalue weighted by Gasteiger charge is 2.26. The first-order valence-electron chi connectivity index (χ1n) is 11.3. The first-order chi connectivity index (χ1) is 14.6. The summed E-state index contributed by atoms with van der Waals surface area (Å²) in [7, 11) is 3.42. The van der Waals surface area contributed by atoms with E-state index in [1.807, 2.05) is 0 Å². The van der Waals surface area contributed by atoms with Gasteiger partial charge < -0.3 is 14.4 Å². The molecule has 1 atom stereocenters. The molecule has 0 N–H and O–H groups in total. The molecule has 3 heterocycles. The van der Waals surface area contributed by atoms with Gasteiger partial charge in [-0.2, -0.15) is 0 Å². The Labute approximate surface area is 181 Å². The zero-order valence-corrected chi connectivity index (χ0v) is 18.7. The summed E-state index contributed by atoms with van der Waals surface area (Å²) < 4.78 is 11.0. The Morgan fingerprint density at radius 2 is 1.73 bits per heavy atom. The van der Waals surface area contributed by atoms with Crippen molar-refractivity contribution in [3.8, 4) is 11.5 Å². The molecule has 1 aromatic carbocycles. The molecule has 0 bridgehead atoms. The van der Waals surface area contributed by atoms with Crippen LogP contribution in [0.25, 0.3) is 0 Å². The number of aryl methyl sites for hydroxylation is 1. The van der Waals surface area contributed by atoms with Gasteiger partial charge in [-0.1, -0.05) is 12.5 Å². The summed E-state index contributed by atoms with van der Waals surface area (Å²) in [5.41, 5.74) is 5.09. The van der Waals surface area contributed by atoms with Gasteiger partial charge in [0, 0.05) is 50.5 Å². The van der Waals surface area contributed by atoms with Crippen LogP contribution in [0.5, 0.6) is 11.5 Å². The molecule has 0 radical (unpaired) electrons. The lowest BCUT2D eigenvalue weighted by molar-refractivity contribution is 0.185. The van der Waals surface area contributed by atoms with Crippen molar-refractivity contribution < 1.29 is 9.47 Å². The van der Waals surface area contributed by atoms with E-state index in [9.17, 15) is 0 Å². The van der Waals surface area contributed by atoms with E-state index in [0.717, 1.165) is 49.2 Å². The molecular formula is C25H35N3O2. The molecule has 1 aromatic heterocycles. The van der Waals surface area contributed by atoms with Crippen molar-refractivity contribution in [1.82, 2.24) is 14.8 Å². The minimum absolute atomic E-state index is 0.732. The number of ether oxygens (including phenoxy) is 2. The van der Waals surface area contributed by atoms with E-state index in [4.69, 9.17) is 9.47 Å². The van der Waals surface area contributed by atoms with E-state index >= 15 is 0 Å². The van der Waals surface area contributed by atoms with E-state index in [1.165, 1.54) is 55.7 Å². The van der Waals surface area contributed by atoms with Gasteiger partial charge in [-0.15, -0.1) is 0 Å². The lowest BCUT2D eigenvalue weighted by Gasteiger charge is -2.27. The van der Waals surface area contributed by atoms with Crippen molar-refractivity contribution in [3.63, 3.8) is 0 Å². The van der Waals surface area contributed by atoms with Crippen LogP contribution in [0.4, 0.5) is 0 Å². The van der Waals surface area contributed by atoms with Crippen molar-refractivity contribution in [2.24, 2.45) is 5.92 Å². The average Bonchev–Trinajstić information content (AvgIpc) is 2.99. The first-order valence-corrected chi connectivity index (χ1v) is 11.3. The number of rotatable bonds is 7. The number of methoxy groups -OCH3 is 2. The molecule has 2 aliphatic heterocycles. The number of hydrogen-bond acceptors (Lipinski definition) is 5. The quantitative estimate of drug-likeness (QED) is 0.689. The minimum atomic E-state index is 0.732. The van der Waals surface area contributed by atoms with Gasteiger partial charge in [0.05, 0.1) is 14.2 Å². The number of likely N-dealkylation sites (tertiary alicyclic amines) is 1. The largest absolute Gasteiger partial charge is 0.493 e. The molecule has 0 aliphatic carbocycles. The summed E-state index contributed by atoms with van der Waals surface area (Å²) in [6.45, 7) is 8.80. The van der Waals surface area contributed by atoms with E-state index in [-0.39, 0.29) is 0 Å². The maximum absolute atomic E-state index is 5.49. The Balaban J connectivity index is 1.33. The van der Waals surface area contributed by atoms with Crippen LogP contribution in [0.3, 0.4) is 0 Å². The third-order valence-electron chi connectivity index (χ3n) is 6.49. The van der Waals surface area contributed by atoms with Gasteiger partial charge in [-0.25, -0.2) is 0 Å². The predicted molar refractivity (Wildman–Crippen MR) is 120 cm³/mol. The van der Waals surface area contributed by atoms with Crippen LogP contribution in [0.2, 0.25) is 0 Å². The fraction of sp³-hybridized carbons (Fsp3) is 0.560. The van der Waals surface area contributed by atoms with E-state index in [1.54, 1.807) is 14.2 Å². The number of fused-ring (bicyclic) bond motifs is 1. The Hall–Kier alpha value is -2.11. The first kappa shape index (κ1) is 21.1.